The fourth-order valence-electron chi connectivity index (χ4n) is 3.03. The summed E-state index contributed by atoms with van der Waals surface area (Å²) in [4.78, 5) is 16.6. The van der Waals surface area contributed by atoms with Crippen LogP contribution in [0.15, 0.2) is 29.2 Å². The quantitative estimate of drug-likeness (QED) is 0.676. The summed E-state index contributed by atoms with van der Waals surface area (Å²) in [6, 6.07) is 6.38. The first kappa shape index (κ1) is 20.7. The Balaban J connectivity index is 1.91. The number of hydrogen-bond acceptors (Lipinski definition) is 5. The van der Waals surface area contributed by atoms with Crippen LogP contribution in [0, 0.1) is 0 Å². The number of rotatable bonds is 8. The van der Waals surface area contributed by atoms with Crippen molar-refractivity contribution in [1.82, 2.24) is 14.1 Å². The number of hydrogen-bond donors (Lipinski definition) is 0. The summed E-state index contributed by atoms with van der Waals surface area (Å²) in [5, 5.41) is 0. The SMILES string of the molecule is CCN(CC)CCC(=O)N1CCN(S(=O)(=O)c2ccc(OC)cc2)CC1. The van der Waals surface area contributed by atoms with Crippen LogP contribution in [0.2, 0.25) is 0 Å². The molecule has 1 aliphatic heterocycles. The van der Waals surface area contributed by atoms with Crippen LogP contribution in [0.5, 0.6) is 5.75 Å². The van der Waals surface area contributed by atoms with Gasteiger partial charge >= 0.3 is 0 Å². The molecule has 0 saturated carbocycles. The highest BCUT2D eigenvalue weighted by molar-refractivity contribution is 7.89. The molecule has 1 aliphatic rings. The molecule has 7 nitrogen and oxygen atoms in total. The number of sulfonamides is 1. The fraction of sp³-hybridized carbons (Fsp3) is 0.611. The minimum absolute atomic E-state index is 0.0957. The van der Waals surface area contributed by atoms with Gasteiger partial charge in [-0.25, -0.2) is 8.42 Å². The van der Waals surface area contributed by atoms with E-state index in [2.05, 4.69) is 18.7 Å². The van der Waals surface area contributed by atoms with Crippen LogP contribution < -0.4 is 4.74 Å². The van der Waals surface area contributed by atoms with E-state index < -0.39 is 10.0 Å². The molecule has 1 aromatic rings. The van der Waals surface area contributed by atoms with E-state index in [4.69, 9.17) is 4.74 Å². The summed E-state index contributed by atoms with van der Waals surface area (Å²) < 4.78 is 32.0. The molecule has 1 heterocycles. The van der Waals surface area contributed by atoms with Crippen LogP contribution >= 0.6 is 0 Å². The lowest BCUT2D eigenvalue weighted by molar-refractivity contribution is -0.132. The maximum atomic E-state index is 12.7. The smallest absolute Gasteiger partial charge is 0.243 e. The number of nitrogens with zero attached hydrogens (tertiary/aromatic N) is 3. The summed E-state index contributed by atoms with van der Waals surface area (Å²) in [6.07, 6.45) is 0.479. The number of carbonyl (C=O) groups excluding carboxylic acids is 1. The van der Waals surface area contributed by atoms with Crippen molar-refractivity contribution in [1.29, 1.82) is 0 Å². The number of carbonyl (C=O) groups is 1. The lowest BCUT2D eigenvalue weighted by Gasteiger charge is -2.34. The van der Waals surface area contributed by atoms with Gasteiger partial charge in [-0.3, -0.25) is 4.79 Å². The Kier molecular flexibility index (Phi) is 7.43. The summed E-state index contributed by atoms with van der Waals surface area (Å²) >= 11 is 0. The number of piperazine rings is 1. The van der Waals surface area contributed by atoms with E-state index in [1.54, 1.807) is 36.3 Å². The van der Waals surface area contributed by atoms with Crippen molar-refractivity contribution >= 4 is 15.9 Å². The molecular formula is C18H29N3O4S. The highest BCUT2D eigenvalue weighted by Crippen LogP contribution is 2.20. The lowest BCUT2D eigenvalue weighted by Crippen LogP contribution is -2.50. The number of benzene rings is 1. The van der Waals surface area contributed by atoms with Crippen LogP contribution in [0.3, 0.4) is 0 Å². The topological polar surface area (TPSA) is 70.2 Å². The largest absolute Gasteiger partial charge is 0.497 e. The molecule has 0 N–H and O–H groups in total. The van der Waals surface area contributed by atoms with Crippen LogP contribution in [0.4, 0.5) is 0 Å². The Hall–Kier alpha value is -1.64. The molecule has 1 aromatic carbocycles. The summed E-state index contributed by atoms with van der Waals surface area (Å²) in [7, 11) is -2.00. The van der Waals surface area contributed by atoms with Gasteiger partial charge in [0.05, 0.1) is 12.0 Å². The second-order valence-electron chi connectivity index (χ2n) is 6.24. The van der Waals surface area contributed by atoms with E-state index in [9.17, 15) is 13.2 Å². The maximum Gasteiger partial charge on any atom is 0.243 e. The van der Waals surface area contributed by atoms with Crippen molar-refractivity contribution in [2.75, 3.05) is 52.9 Å². The first-order valence-corrected chi connectivity index (χ1v) is 10.5. The Morgan fingerprint density at radius 2 is 1.65 bits per heavy atom. The van der Waals surface area contributed by atoms with Gasteiger partial charge in [0, 0.05) is 39.1 Å². The fourth-order valence-corrected chi connectivity index (χ4v) is 4.45. The van der Waals surface area contributed by atoms with Gasteiger partial charge in [0.2, 0.25) is 15.9 Å². The molecule has 0 atom stereocenters. The highest BCUT2D eigenvalue weighted by Gasteiger charge is 2.30. The molecule has 0 radical (unpaired) electrons. The van der Waals surface area contributed by atoms with E-state index in [1.807, 2.05) is 0 Å². The van der Waals surface area contributed by atoms with Crippen molar-refractivity contribution in [2.24, 2.45) is 0 Å². The minimum atomic E-state index is -3.54. The Morgan fingerprint density at radius 1 is 1.08 bits per heavy atom. The van der Waals surface area contributed by atoms with E-state index in [0.717, 1.165) is 19.6 Å². The predicted octanol–water partition coefficient (Wildman–Crippen LogP) is 1.26. The van der Waals surface area contributed by atoms with Crippen LogP contribution in [0.25, 0.3) is 0 Å². The molecule has 0 spiro atoms. The molecular weight excluding hydrogens is 354 g/mol. The molecule has 2 rings (SSSR count). The molecule has 0 unspecified atom stereocenters. The van der Waals surface area contributed by atoms with Gasteiger partial charge in [-0.15, -0.1) is 0 Å². The zero-order chi connectivity index (χ0) is 19.2. The predicted molar refractivity (Wildman–Crippen MR) is 101 cm³/mol. The zero-order valence-electron chi connectivity index (χ0n) is 15.8. The second kappa shape index (κ2) is 9.34. The van der Waals surface area contributed by atoms with Crippen molar-refractivity contribution in [2.45, 2.75) is 25.2 Å². The number of ether oxygens (including phenoxy) is 1. The normalized spacial score (nSPS) is 16.1. The van der Waals surface area contributed by atoms with Crippen LogP contribution in [-0.2, 0) is 14.8 Å². The van der Waals surface area contributed by atoms with Crippen LogP contribution in [-0.4, -0.2) is 81.4 Å². The molecule has 0 aromatic heterocycles. The molecule has 1 fully saturated rings. The molecule has 0 aliphatic carbocycles. The molecule has 26 heavy (non-hydrogen) atoms. The van der Waals surface area contributed by atoms with E-state index >= 15 is 0 Å². The second-order valence-corrected chi connectivity index (χ2v) is 8.18. The van der Waals surface area contributed by atoms with Gasteiger partial charge in [0.15, 0.2) is 0 Å². The summed E-state index contributed by atoms with van der Waals surface area (Å²) in [6.45, 7) is 8.29. The van der Waals surface area contributed by atoms with Gasteiger partial charge < -0.3 is 14.5 Å². The number of methoxy groups -OCH3 is 1. The summed E-state index contributed by atoms with van der Waals surface area (Å²) in [5.74, 6) is 0.714. The van der Waals surface area contributed by atoms with Crippen molar-refractivity contribution in [3.63, 3.8) is 0 Å². The first-order chi connectivity index (χ1) is 12.4. The van der Waals surface area contributed by atoms with Gasteiger partial charge in [-0.2, -0.15) is 4.31 Å². The standard InChI is InChI=1S/C18H29N3O4S/c1-4-19(5-2)11-10-18(22)20-12-14-21(15-13-20)26(23,24)17-8-6-16(25-3)7-9-17/h6-9H,4-5,10-15H2,1-3H3. The highest BCUT2D eigenvalue weighted by atomic mass is 32.2. The first-order valence-electron chi connectivity index (χ1n) is 9.06. The third kappa shape index (κ3) is 4.96. The third-order valence-electron chi connectivity index (χ3n) is 4.82. The van der Waals surface area contributed by atoms with Crippen molar-refractivity contribution < 1.29 is 17.9 Å². The molecule has 8 heteroatoms. The Labute approximate surface area is 156 Å². The lowest BCUT2D eigenvalue weighted by atomic mass is 10.3. The number of amides is 1. The monoisotopic (exact) mass is 383 g/mol. The van der Waals surface area contributed by atoms with E-state index in [-0.39, 0.29) is 10.8 Å². The van der Waals surface area contributed by atoms with Gasteiger partial charge in [0.1, 0.15) is 5.75 Å². The molecule has 146 valence electrons. The van der Waals surface area contributed by atoms with Gasteiger partial charge in [0.25, 0.3) is 0 Å². The Morgan fingerprint density at radius 3 is 2.15 bits per heavy atom. The average molecular weight is 384 g/mol. The summed E-state index contributed by atoms with van der Waals surface area (Å²) in [5.41, 5.74) is 0. The maximum absolute atomic E-state index is 12.7. The molecule has 0 bridgehead atoms. The van der Waals surface area contributed by atoms with Crippen molar-refractivity contribution in [3.05, 3.63) is 24.3 Å². The van der Waals surface area contributed by atoms with Crippen LogP contribution in [0.1, 0.15) is 20.3 Å². The van der Waals surface area contributed by atoms with E-state index in [1.165, 1.54) is 4.31 Å². The van der Waals surface area contributed by atoms with E-state index in [0.29, 0.717) is 38.3 Å². The van der Waals surface area contributed by atoms with Gasteiger partial charge in [-0.1, -0.05) is 13.8 Å². The third-order valence-corrected chi connectivity index (χ3v) is 6.74. The minimum Gasteiger partial charge on any atom is -0.497 e. The molecule has 1 saturated heterocycles. The van der Waals surface area contributed by atoms with Crippen molar-refractivity contribution in [3.8, 4) is 5.75 Å². The average Bonchev–Trinajstić information content (AvgIpc) is 2.68. The van der Waals surface area contributed by atoms with Gasteiger partial charge in [-0.05, 0) is 37.4 Å². The molecule has 1 amide bonds. The Bertz CT molecular complexity index is 679. The zero-order valence-corrected chi connectivity index (χ0v) is 16.7.